The Morgan fingerprint density at radius 2 is 1.71 bits per heavy atom. The van der Waals surface area contributed by atoms with Crippen molar-refractivity contribution in [2.24, 2.45) is 11.6 Å². The molecule has 0 saturated carbocycles. The van der Waals surface area contributed by atoms with Crippen molar-refractivity contribution < 1.29 is 9.63 Å². The summed E-state index contributed by atoms with van der Waals surface area (Å²) in [6.07, 6.45) is 6.10. The Bertz CT molecular complexity index is 181. The molecule has 0 fully saturated rings. The van der Waals surface area contributed by atoms with E-state index in [9.17, 15) is 4.79 Å². The van der Waals surface area contributed by atoms with Crippen LogP contribution in [0.2, 0.25) is 0 Å². The SMILES string of the molecule is C=C(CCCCCCCN)C(=O)ON. The molecule has 0 atom stereocenters. The van der Waals surface area contributed by atoms with E-state index in [-0.39, 0.29) is 0 Å². The zero-order chi connectivity index (χ0) is 10.8. The van der Waals surface area contributed by atoms with Gasteiger partial charge in [0.05, 0.1) is 0 Å². The van der Waals surface area contributed by atoms with Crippen molar-refractivity contribution in [2.75, 3.05) is 6.54 Å². The lowest BCUT2D eigenvalue weighted by molar-refractivity contribution is -0.139. The number of hydrogen-bond donors (Lipinski definition) is 2. The van der Waals surface area contributed by atoms with Gasteiger partial charge in [0, 0.05) is 5.57 Å². The standard InChI is InChI=1S/C10H20N2O2/c1-9(10(13)14-12)7-5-3-2-4-6-8-11/h1-8,11-12H2. The second-order valence-corrected chi connectivity index (χ2v) is 3.32. The first-order valence-corrected chi connectivity index (χ1v) is 5.01. The normalized spacial score (nSPS) is 9.86. The molecule has 0 amide bonds. The molecule has 14 heavy (non-hydrogen) atoms. The number of unbranched alkanes of at least 4 members (excludes halogenated alkanes) is 4. The van der Waals surface area contributed by atoms with Crippen LogP contribution in [0.3, 0.4) is 0 Å². The molecular weight excluding hydrogens is 180 g/mol. The Morgan fingerprint density at radius 3 is 2.29 bits per heavy atom. The summed E-state index contributed by atoms with van der Waals surface area (Å²) in [6, 6.07) is 0. The molecule has 0 heterocycles. The zero-order valence-electron chi connectivity index (χ0n) is 8.63. The van der Waals surface area contributed by atoms with E-state index in [1.807, 2.05) is 0 Å². The fourth-order valence-electron chi connectivity index (χ4n) is 1.20. The minimum atomic E-state index is -0.507. The van der Waals surface area contributed by atoms with E-state index in [0.717, 1.165) is 38.6 Å². The lowest BCUT2D eigenvalue weighted by Crippen LogP contribution is -2.11. The van der Waals surface area contributed by atoms with Gasteiger partial charge in [0.15, 0.2) is 0 Å². The summed E-state index contributed by atoms with van der Waals surface area (Å²) in [5.74, 6) is 4.21. The molecule has 0 aromatic rings. The van der Waals surface area contributed by atoms with Gasteiger partial charge in [-0.05, 0) is 25.8 Å². The fraction of sp³-hybridized carbons (Fsp3) is 0.700. The van der Waals surface area contributed by atoms with Crippen molar-refractivity contribution in [3.8, 4) is 0 Å². The summed E-state index contributed by atoms with van der Waals surface area (Å²) in [5.41, 5.74) is 5.81. The maximum Gasteiger partial charge on any atom is 0.351 e. The van der Waals surface area contributed by atoms with Gasteiger partial charge in [0.1, 0.15) is 0 Å². The smallest absolute Gasteiger partial charge is 0.351 e. The number of nitrogens with two attached hydrogens (primary N) is 2. The highest BCUT2D eigenvalue weighted by atomic mass is 16.7. The Kier molecular flexibility index (Phi) is 8.17. The van der Waals surface area contributed by atoms with Crippen LogP contribution in [0.4, 0.5) is 0 Å². The van der Waals surface area contributed by atoms with E-state index in [0.29, 0.717) is 12.0 Å². The molecule has 0 aliphatic heterocycles. The highest BCUT2D eigenvalue weighted by Crippen LogP contribution is 2.10. The summed E-state index contributed by atoms with van der Waals surface area (Å²) in [7, 11) is 0. The van der Waals surface area contributed by atoms with Crippen molar-refractivity contribution in [3.05, 3.63) is 12.2 Å². The molecule has 4 nitrogen and oxygen atoms in total. The molecule has 0 aromatic heterocycles. The van der Waals surface area contributed by atoms with Gasteiger partial charge in [0.2, 0.25) is 0 Å². The van der Waals surface area contributed by atoms with Gasteiger partial charge in [-0.15, -0.1) is 0 Å². The summed E-state index contributed by atoms with van der Waals surface area (Å²) in [6.45, 7) is 4.34. The van der Waals surface area contributed by atoms with Gasteiger partial charge in [0.25, 0.3) is 0 Å². The third-order valence-corrected chi connectivity index (χ3v) is 2.08. The van der Waals surface area contributed by atoms with Gasteiger partial charge in [-0.25, -0.2) is 4.79 Å². The fourth-order valence-corrected chi connectivity index (χ4v) is 1.20. The number of carbonyl (C=O) groups excluding carboxylic acids is 1. The molecule has 4 heteroatoms. The molecule has 82 valence electrons. The minimum Gasteiger partial charge on any atom is -0.370 e. The first-order valence-electron chi connectivity index (χ1n) is 5.01. The predicted octanol–water partition coefficient (Wildman–Crippen LogP) is 1.26. The van der Waals surface area contributed by atoms with Crippen LogP contribution in [-0.4, -0.2) is 12.5 Å². The molecule has 0 aliphatic rings. The molecule has 0 unspecified atom stereocenters. The monoisotopic (exact) mass is 200 g/mol. The summed E-state index contributed by atoms with van der Waals surface area (Å²) in [5, 5.41) is 0. The Hall–Kier alpha value is -0.870. The van der Waals surface area contributed by atoms with E-state index >= 15 is 0 Å². The average Bonchev–Trinajstić information content (AvgIpc) is 2.21. The van der Waals surface area contributed by atoms with Crippen LogP contribution in [0, 0.1) is 0 Å². The van der Waals surface area contributed by atoms with E-state index in [2.05, 4.69) is 11.4 Å². The van der Waals surface area contributed by atoms with Crippen molar-refractivity contribution in [2.45, 2.75) is 38.5 Å². The zero-order valence-corrected chi connectivity index (χ0v) is 8.63. The third-order valence-electron chi connectivity index (χ3n) is 2.08. The third kappa shape index (κ3) is 6.62. The Balaban J connectivity index is 3.27. The van der Waals surface area contributed by atoms with Gasteiger partial charge in [-0.1, -0.05) is 25.8 Å². The molecule has 0 aromatic carbocycles. The van der Waals surface area contributed by atoms with Gasteiger partial charge in [-0.3, -0.25) is 0 Å². The van der Waals surface area contributed by atoms with Crippen LogP contribution >= 0.6 is 0 Å². The molecule has 4 N–H and O–H groups in total. The van der Waals surface area contributed by atoms with Crippen LogP contribution in [0.5, 0.6) is 0 Å². The van der Waals surface area contributed by atoms with Crippen LogP contribution in [0.15, 0.2) is 12.2 Å². The van der Waals surface area contributed by atoms with Gasteiger partial charge < -0.3 is 10.6 Å². The Labute approximate surface area is 85.2 Å². The number of hydrogen-bond acceptors (Lipinski definition) is 4. The molecule has 0 bridgehead atoms. The lowest BCUT2D eigenvalue weighted by Gasteiger charge is -2.02. The highest BCUT2D eigenvalue weighted by molar-refractivity contribution is 5.87. The molecular formula is C10H20N2O2. The summed E-state index contributed by atoms with van der Waals surface area (Å²) < 4.78 is 0. The minimum absolute atomic E-state index is 0.450. The van der Waals surface area contributed by atoms with Crippen LogP contribution in [0.25, 0.3) is 0 Å². The van der Waals surface area contributed by atoms with Gasteiger partial charge >= 0.3 is 5.97 Å². The quantitative estimate of drug-likeness (QED) is 0.351. The Morgan fingerprint density at radius 1 is 1.14 bits per heavy atom. The van der Waals surface area contributed by atoms with Crippen LogP contribution in [-0.2, 0) is 9.63 Å². The number of rotatable bonds is 8. The number of carbonyl (C=O) groups is 1. The first kappa shape index (κ1) is 13.1. The van der Waals surface area contributed by atoms with Crippen molar-refractivity contribution in [1.29, 1.82) is 0 Å². The lowest BCUT2D eigenvalue weighted by atomic mass is 10.1. The summed E-state index contributed by atoms with van der Waals surface area (Å²) >= 11 is 0. The largest absolute Gasteiger partial charge is 0.370 e. The van der Waals surface area contributed by atoms with Crippen LogP contribution < -0.4 is 11.6 Å². The van der Waals surface area contributed by atoms with Gasteiger partial charge in [-0.2, -0.15) is 5.90 Å². The topological polar surface area (TPSA) is 78.3 Å². The predicted molar refractivity (Wildman–Crippen MR) is 56.2 cm³/mol. The molecule has 0 radical (unpaired) electrons. The van der Waals surface area contributed by atoms with Crippen molar-refractivity contribution in [1.82, 2.24) is 0 Å². The maximum absolute atomic E-state index is 10.8. The summed E-state index contributed by atoms with van der Waals surface area (Å²) in [4.78, 5) is 14.9. The van der Waals surface area contributed by atoms with E-state index < -0.39 is 5.97 Å². The first-order chi connectivity index (χ1) is 6.72. The maximum atomic E-state index is 10.8. The molecule has 0 rings (SSSR count). The second-order valence-electron chi connectivity index (χ2n) is 3.32. The second kappa shape index (κ2) is 8.72. The van der Waals surface area contributed by atoms with Crippen molar-refractivity contribution in [3.63, 3.8) is 0 Å². The highest BCUT2D eigenvalue weighted by Gasteiger charge is 2.05. The van der Waals surface area contributed by atoms with E-state index in [1.54, 1.807) is 0 Å². The van der Waals surface area contributed by atoms with Crippen molar-refractivity contribution >= 4 is 5.97 Å². The molecule has 0 spiro atoms. The molecule has 0 saturated heterocycles. The average molecular weight is 200 g/mol. The van der Waals surface area contributed by atoms with E-state index in [4.69, 9.17) is 11.6 Å². The van der Waals surface area contributed by atoms with E-state index in [1.165, 1.54) is 0 Å². The van der Waals surface area contributed by atoms with Crippen LogP contribution in [0.1, 0.15) is 38.5 Å². The molecule has 0 aliphatic carbocycles.